The van der Waals surface area contributed by atoms with Crippen molar-refractivity contribution >= 4 is 47.1 Å². The molecule has 1 saturated carbocycles. The Morgan fingerprint density at radius 3 is 2.78 bits per heavy atom. The second-order valence-corrected chi connectivity index (χ2v) is 7.59. The van der Waals surface area contributed by atoms with Gasteiger partial charge in [0.05, 0.1) is 5.69 Å². The molecule has 1 aromatic heterocycles. The van der Waals surface area contributed by atoms with Crippen molar-refractivity contribution in [1.82, 2.24) is 4.98 Å². The Morgan fingerprint density at radius 1 is 1.35 bits per heavy atom. The van der Waals surface area contributed by atoms with Crippen molar-refractivity contribution in [2.24, 2.45) is 5.73 Å². The summed E-state index contributed by atoms with van der Waals surface area (Å²) < 4.78 is 0. The molecule has 1 heterocycles. The number of carbonyl (C=O) groups is 1. The number of halogens is 1. The van der Waals surface area contributed by atoms with Crippen molar-refractivity contribution in [3.63, 3.8) is 0 Å². The van der Waals surface area contributed by atoms with E-state index in [9.17, 15) is 4.79 Å². The van der Waals surface area contributed by atoms with E-state index >= 15 is 0 Å². The Kier molecular flexibility index (Phi) is 6.89. The lowest BCUT2D eigenvalue weighted by atomic mass is 10.3. The van der Waals surface area contributed by atoms with Crippen LogP contribution in [0.15, 0.2) is 34.5 Å². The fourth-order valence-corrected chi connectivity index (χ4v) is 4.54. The van der Waals surface area contributed by atoms with Gasteiger partial charge in [-0.2, -0.15) is 0 Å². The number of thiazole rings is 1. The molecule has 0 unspecified atom stereocenters. The van der Waals surface area contributed by atoms with Crippen LogP contribution in [0.3, 0.4) is 0 Å². The Bertz CT molecular complexity index is 656. The lowest BCUT2D eigenvalue weighted by molar-refractivity contribution is 0.102. The lowest BCUT2D eigenvalue weighted by Crippen LogP contribution is -2.13. The molecule has 0 spiro atoms. The van der Waals surface area contributed by atoms with Gasteiger partial charge < -0.3 is 11.1 Å². The molecule has 1 aliphatic rings. The van der Waals surface area contributed by atoms with Gasteiger partial charge in [-0.1, -0.05) is 25.0 Å². The highest BCUT2D eigenvalue weighted by atomic mass is 35.5. The van der Waals surface area contributed by atoms with Crippen LogP contribution in [0.5, 0.6) is 0 Å². The number of hydrogen-bond donors (Lipinski definition) is 2. The normalized spacial score (nSPS) is 14.5. The quantitative estimate of drug-likeness (QED) is 0.823. The van der Waals surface area contributed by atoms with Gasteiger partial charge in [-0.05, 0) is 25.0 Å². The maximum atomic E-state index is 12.3. The number of benzene rings is 1. The zero-order valence-electron chi connectivity index (χ0n) is 12.7. The summed E-state index contributed by atoms with van der Waals surface area (Å²) in [5.41, 5.74) is 6.85. The van der Waals surface area contributed by atoms with Gasteiger partial charge in [0.25, 0.3) is 5.91 Å². The summed E-state index contributed by atoms with van der Waals surface area (Å²) in [5.74, 6) is -0.171. The number of hydrogen-bond acceptors (Lipinski definition) is 5. The van der Waals surface area contributed by atoms with Crippen LogP contribution in [0.25, 0.3) is 0 Å². The average Bonchev–Trinajstić information content (AvgIpc) is 3.20. The molecule has 0 radical (unpaired) electrons. The number of nitrogens with two attached hydrogens (primary N) is 1. The van der Waals surface area contributed by atoms with Crippen molar-refractivity contribution in [3.05, 3.63) is 40.3 Å². The predicted octanol–water partition coefficient (Wildman–Crippen LogP) is 4.31. The van der Waals surface area contributed by atoms with E-state index in [0.29, 0.717) is 17.5 Å². The van der Waals surface area contributed by atoms with Crippen molar-refractivity contribution in [3.8, 4) is 0 Å². The van der Waals surface area contributed by atoms with E-state index in [1.807, 2.05) is 30.0 Å². The molecule has 1 aromatic carbocycles. The van der Waals surface area contributed by atoms with E-state index in [1.54, 1.807) is 5.38 Å². The molecule has 7 heteroatoms. The van der Waals surface area contributed by atoms with Crippen LogP contribution in [0.2, 0.25) is 0 Å². The molecular weight excluding hydrogens is 350 g/mol. The molecule has 3 N–H and O–H groups in total. The van der Waals surface area contributed by atoms with Crippen molar-refractivity contribution in [2.75, 3.05) is 5.32 Å². The number of thioether (sulfide) groups is 1. The van der Waals surface area contributed by atoms with Gasteiger partial charge in [-0.15, -0.1) is 35.5 Å². The van der Waals surface area contributed by atoms with Gasteiger partial charge in [0.2, 0.25) is 0 Å². The number of carbonyl (C=O) groups excluding carboxylic acids is 1. The third-order valence-corrected chi connectivity index (χ3v) is 5.98. The number of nitrogens with one attached hydrogen (secondary N) is 1. The maximum absolute atomic E-state index is 12.3. The van der Waals surface area contributed by atoms with Crippen molar-refractivity contribution in [1.29, 1.82) is 0 Å². The minimum absolute atomic E-state index is 0. The van der Waals surface area contributed by atoms with Gasteiger partial charge in [0, 0.05) is 22.1 Å². The summed E-state index contributed by atoms with van der Waals surface area (Å²) in [6, 6.07) is 7.99. The topological polar surface area (TPSA) is 68.0 Å². The van der Waals surface area contributed by atoms with E-state index in [-0.39, 0.29) is 18.3 Å². The molecule has 1 aliphatic carbocycles. The zero-order chi connectivity index (χ0) is 15.4. The van der Waals surface area contributed by atoms with Crippen LogP contribution in [-0.2, 0) is 6.54 Å². The number of nitrogens with zero attached hydrogens (tertiary/aromatic N) is 1. The molecule has 2 aromatic rings. The van der Waals surface area contributed by atoms with Crippen molar-refractivity contribution < 1.29 is 4.79 Å². The second-order valence-electron chi connectivity index (χ2n) is 5.31. The molecule has 0 aliphatic heterocycles. The summed E-state index contributed by atoms with van der Waals surface area (Å²) >= 11 is 3.29. The minimum atomic E-state index is -0.171. The highest BCUT2D eigenvalue weighted by Gasteiger charge is 2.18. The predicted molar refractivity (Wildman–Crippen MR) is 99.8 cm³/mol. The average molecular weight is 370 g/mol. The first-order chi connectivity index (χ1) is 10.8. The SMILES string of the molecule is Cl.NCc1nc(C(=O)Nc2ccccc2SC2CCCC2)cs1. The summed E-state index contributed by atoms with van der Waals surface area (Å²) in [6.07, 6.45) is 5.15. The summed E-state index contributed by atoms with van der Waals surface area (Å²) in [7, 11) is 0. The fourth-order valence-electron chi connectivity index (χ4n) is 2.55. The number of amides is 1. The van der Waals surface area contributed by atoms with E-state index < -0.39 is 0 Å². The van der Waals surface area contributed by atoms with Crippen LogP contribution in [0, 0.1) is 0 Å². The van der Waals surface area contributed by atoms with Crippen LogP contribution in [0.4, 0.5) is 5.69 Å². The monoisotopic (exact) mass is 369 g/mol. The molecule has 1 amide bonds. The largest absolute Gasteiger partial charge is 0.325 e. The maximum Gasteiger partial charge on any atom is 0.275 e. The minimum Gasteiger partial charge on any atom is -0.325 e. The number of anilines is 1. The number of aromatic nitrogens is 1. The molecule has 0 atom stereocenters. The lowest BCUT2D eigenvalue weighted by Gasteiger charge is -2.13. The van der Waals surface area contributed by atoms with Gasteiger partial charge in [-0.25, -0.2) is 4.98 Å². The second kappa shape index (κ2) is 8.68. The van der Waals surface area contributed by atoms with Gasteiger partial charge in [0.1, 0.15) is 10.7 Å². The van der Waals surface area contributed by atoms with Crippen molar-refractivity contribution in [2.45, 2.75) is 42.4 Å². The summed E-state index contributed by atoms with van der Waals surface area (Å²) in [5, 5.41) is 6.18. The fraction of sp³-hybridized carbons (Fsp3) is 0.375. The van der Waals surface area contributed by atoms with E-state index in [0.717, 1.165) is 15.6 Å². The Balaban J connectivity index is 0.00000192. The highest BCUT2D eigenvalue weighted by Crippen LogP contribution is 2.38. The van der Waals surface area contributed by atoms with E-state index in [4.69, 9.17) is 5.73 Å². The number of rotatable bonds is 5. The summed E-state index contributed by atoms with van der Waals surface area (Å²) in [4.78, 5) is 17.7. The molecular formula is C16H20ClN3OS2. The first-order valence-electron chi connectivity index (χ1n) is 7.48. The highest BCUT2D eigenvalue weighted by molar-refractivity contribution is 8.00. The van der Waals surface area contributed by atoms with E-state index in [1.165, 1.54) is 37.0 Å². The van der Waals surface area contributed by atoms with Crippen LogP contribution in [0.1, 0.15) is 41.2 Å². The first-order valence-corrected chi connectivity index (χ1v) is 9.23. The Labute approximate surface area is 150 Å². The third-order valence-electron chi connectivity index (χ3n) is 3.69. The van der Waals surface area contributed by atoms with Gasteiger partial charge in [0.15, 0.2) is 0 Å². The Morgan fingerprint density at radius 2 is 2.09 bits per heavy atom. The first kappa shape index (κ1) is 18.3. The molecule has 0 saturated heterocycles. The molecule has 23 heavy (non-hydrogen) atoms. The third kappa shape index (κ3) is 4.70. The molecule has 4 nitrogen and oxygen atoms in total. The van der Waals surface area contributed by atoms with E-state index in [2.05, 4.69) is 16.4 Å². The standard InChI is InChI=1S/C16H19N3OS2.ClH/c17-9-15-18-13(10-21-15)16(20)19-12-7-3-4-8-14(12)22-11-5-1-2-6-11;/h3-4,7-8,10-11H,1-2,5-6,9,17H2,(H,19,20);1H. The number of para-hydroxylation sites is 1. The van der Waals surface area contributed by atoms with Gasteiger partial charge >= 0.3 is 0 Å². The van der Waals surface area contributed by atoms with Crippen LogP contribution < -0.4 is 11.1 Å². The van der Waals surface area contributed by atoms with Crippen LogP contribution >= 0.6 is 35.5 Å². The zero-order valence-corrected chi connectivity index (χ0v) is 15.1. The summed E-state index contributed by atoms with van der Waals surface area (Å²) in [6.45, 7) is 0.367. The van der Waals surface area contributed by atoms with Gasteiger partial charge in [-0.3, -0.25) is 4.79 Å². The smallest absolute Gasteiger partial charge is 0.275 e. The molecule has 3 rings (SSSR count). The van der Waals surface area contributed by atoms with Crippen LogP contribution in [-0.4, -0.2) is 16.1 Å². The molecule has 1 fully saturated rings. The Hall–Kier alpha value is -1.08. The molecule has 124 valence electrons. The molecule has 0 bridgehead atoms.